The third-order valence-electron chi connectivity index (χ3n) is 6.07. The van der Waals surface area contributed by atoms with Crippen molar-refractivity contribution in [3.8, 4) is 63.2 Å². The molecule has 206 valence electrons. The van der Waals surface area contributed by atoms with Crippen molar-refractivity contribution in [3.63, 3.8) is 0 Å². The lowest BCUT2D eigenvalue weighted by Gasteiger charge is -2.23. The molecule has 0 fully saturated rings. The second-order valence-corrected chi connectivity index (χ2v) is 9.07. The maximum atomic E-state index is 11.9. The van der Waals surface area contributed by atoms with Crippen LogP contribution >= 0.6 is 0 Å². The molecule has 1 N–H and O–H groups in total. The highest BCUT2D eigenvalue weighted by Crippen LogP contribution is 2.61. The molecule has 0 heterocycles. The van der Waals surface area contributed by atoms with Gasteiger partial charge in [-0.1, -0.05) is 91.0 Å². The third kappa shape index (κ3) is 6.13. The van der Waals surface area contributed by atoms with Crippen LogP contribution in [0.4, 0.5) is 0 Å². The van der Waals surface area contributed by atoms with Crippen LogP contribution in [0.5, 0.6) is 63.2 Å². The van der Waals surface area contributed by atoms with Gasteiger partial charge in [-0.25, -0.2) is 0 Å². The van der Waals surface area contributed by atoms with Crippen molar-refractivity contribution in [1.29, 1.82) is 0 Å². The number of hydrogen-bond acceptors (Lipinski definition) is 6. The van der Waals surface area contributed by atoms with Gasteiger partial charge in [0.15, 0.2) is 0 Å². The van der Waals surface area contributed by atoms with Crippen LogP contribution in [0, 0.1) is 0 Å². The number of rotatable bonds is 10. The molecular formula is C36H26O6. The van der Waals surface area contributed by atoms with E-state index in [0.717, 1.165) is 0 Å². The average Bonchev–Trinajstić information content (AvgIpc) is 3.05. The van der Waals surface area contributed by atoms with E-state index in [1.165, 1.54) is 0 Å². The molecule has 0 aliphatic carbocycles. The standard InChI is InChI=1S/C36H26O6/c37-31-32(38-26-16-6-1-7-17-26)34(40-28-20-10-3-11-21-28)36(42-30-24-14-5-15-25-30)35(41-29-22-12-4-13-23-29)33(31)39-27-18-8-2-9-19-27/h1-25,37H. The van der Waals surface area contributed by atoms with E-state index < -0.39 is 0 Å². The number of phenolic OH excluding ortho intramolecular Hbond substituents is 1. The average molecular weight is 555 g/mol. The van der Waals surface area contributed by atoms with Gasteiger partial charge in [-0.05, 0) is 60.7 Å². The largest absolute Gasteiger partial charge is 0.501 e. The van der Waals surface area contributed by atoms with Crippen LogP contribution in [0.3, 0.4) is 0 Å². The highest BCUT2D eigenvalue weighted by molar-refractivity contribution is 5.75. The molecular weight excluding hydrogens is 528 g/mol. The summed E-state index contributed by atoms with van der Waals surface area (Å²) in [6.07, 6.45) is 0. The molecule has 6 heteroatoms. The van der Waals surface area contributed by atoms with Crippen molar-refractivity contribution < 1.29 is 28.8 Å². The molecule has 6 rings (SSSR count). The molecule has 6 nitrogen and oxygen atoms in total. The van der Waals surface area contributed by atoms with Gasteiger partial charge in [0, 0.05) is 0 Å². The molecule has 6 aromatic rings. The van der Waals surface area contributed by atoms with Gasteiger partial charge in [0.05, 0.1) is 0 Å². The van der Waals surface area contributed by atoms with Gasteiger partial charge in [-0.3, -0.25) is 0 Å². The predicted molar refractivity (Wildman–Crippen MR) is 161 cm³/mol. The Morgan fingerprint density at radius 1 is 0.262 bits per heavy atom. The highest BCUT2D eigenvalue weighted by Gasteiger charge is 2.33. The predicted octanol–water partition coefficient (Wildman–Crippen LogP) is 10.4. The summed E-state index contributed by atoms with van der Waals surface area (Å²) < 4.78 is 31.9. The van der Waals surface area contributed by atoms with Crippen molar-refractivity contribution in [2.24, 2.45) is 0 Å². The highest BCUT2D eigenvalue weighted by atomic mass is 16.6. The van der Waals surface area contributed by atoms with Gasteiger partial charge in [-0.15, -0.1) is 0 Å². The Bertz CT molecular complexity index is 1620. The number of aromatic hydroxyl groups is 1. The molecule has 0 unspecified atom stereocenters. The van der Waals surface area contributed by atoms with Gasteiger partial charge in [-0.2, -0.15) is 0 Å². The summed E-state index contributed by atoms with van der Waals surface area (Å²) in [5.74, 6) is 2.42. The van der Waals surface area contributed by atoms with Crippen molar-refractivity contribution in [2.75, 3.05) is 0 Å². The fourth-order valence-electron chi connectivity index (χ4n) is 4.13. The molecule has 0 saturated carbocycles. The van der Waals surface area contributed by atoms with E-state index in [4.69, 9.17) is 23.7 Å². The second-order valence-electron chi connectivity index (χ2n) is 9.07. The Morgan fingerprint density at radius 2 is 0.452 bits per heavy atom. The topological polar surface area (TPSA) is 66.4 Å². The molecule has 0 aliphatic heterocycles. The van der Waals surface area contributed by atoms with Crippen molar-refractivity contribution in [1.82, 2.24) is 0 Å². The lowest BCUT2D eigenvalue weighted by atomic mass is 10.2. The summed E-state index contributed by atoms with van der Waals surface area (Å²) in [5, 5.41) is 11.9. The number of ether oxygens (including phenoxy) is 5. The van der Waals surface area contributed by atoms with E-state index in [0.29, 0.717) is 28.7 Å². The minimum absolute atomic E-state index is 0.0117. The van der Waals surface area contributed by atoms with Gasteiger partial charge in [0.25, 0.3) is 0 Å². The minimum Gasteiger partial charge on any atom is -0.501 e. The first kappa shape index (κ1) is 26.3. The molecule has 0 radical (unpaired) electrons. The SMILES string of the molecule is Oc1c(Oc2ccccc2)c(Oc2ccccc2)c(Oc2ccccc2)c(Oc2ccccc2)c1Oc1ccccc1. The van der Waals surface area contributed by atoms with Gasteiger partial charge in [0.1, 0.15) is 28.7 Å². The normalized spacial score (nSPS) is 10.5. The summed E-state index contributed by atoms with van der Waals surface area (Å²) in [6, 6.07) is 45.7. The lowest BCUT2D eigenvalue weighted by molar-refractivity contribution is 0.322. The van der Waals surface area contributed by atoms with E-state index in [9.17, 15) is 5.11 Å². The van der Waals surface area contributed by atoms with Crippen molar-refractivity contribution >= 4 is 0 Å². The zero-order valence-corrected chi connectivity index (χ0v) is 22.4. The summed E-state index contributed by atoms with van der Waals surface area (Å²) in [7, 11) is 0. The summed E-state index contributed by atoms with van der Waals surface area (Å²) in [6.45, 7) is 0. The smallest absolute Gasteiger partial charge is 0.220 e. The van der Waals surface area contributed by atoms with Crippen molar-refractivity contribution in [3.05, 3.63) is 152 Å². The fraction of sp³-hybridized carbons (Fsp3) is 0. The molecule has 0 bridgehead atoms. The summed E-state index contributed by atoms with van der Waals surface area (Å²) in [5.41, 5.74) is 0. The maximum Gasteiger partial charge on any atom is 0.220 e. The molecule has 42 heavy (non-hydrogen) atoms. The Morgan fingerprint density at radius 3 is 0.690 bits per heavy atom. The van der Waals surface area contributed by atoms with Crippen LogP contribution in [-0.4, -0.2) is 5.11 Å². The third-order valence-corrected chi connectivity index (χ3v) is 6.07. The zero-order chi connectivity index (χ0) is 28.6. The number of phenols is 1. The van der Waals surface area contributed by atoms with Crippen LogP contribution in [0.25, 0.3) is 0 Å². The Kier molecular flexibility index (Phi) is 7.86. The molecule has 0 saturated heterocycles. The number of hydrogen-bond donors (Lipinski definition) is 1. The second kappa shape index (κ2) is 12.5. The van der Waals surface area contributed by atoms with E-state index in [1.54, 1.807) is 60.7 Å². The van der Waals surface area contributed by atoms with Gasteiger partial charge in [0.2, 0.25) is 34.5 Å². The Balaban J connectivity index is 1.62. The van der Waals surface area contributed by atoms with E-state index >= 15 is 0 Å². The van der Waals surface area contributed by atoms with Gasteiger partial charge >= 0.3 is 0 Å². The molecule has 0 amide bonds. The van der Waals surface area contributed by atoms with Crippen molar-refractivity contribution in [2.45, 2.75) is 0 Å². The lowest BCUT2D eigenvalue weighted by Crippen LogP contribution is -2.01. The van der Waals surface area contributed by atoms with Crippen LogP contribution in [0.2, 0.25) is 0 Å². The van der Waals surface area contributed by atoms with E-state index in [1.807, 2.05) is 91.0 Å². The molecule has 0 spiro atoms. The summed E-state index contributed by atoms with van der Waals surface area (Å²) in [4.78, 5) is 0. The maximum absolute atomic E-state index is 11.9. The van der Waals surface area contributed by atoms with Crippen LogP contribution in [0.1, 0.15) is 0 Å². The molecule has 0 atom stereocenters. The zero-order valence-electron chi connectivity index (χ0n) is 22.4. The van der Waals surface area contributed by atoms with Crippen LogP contribution in [-0.2, 0) is 0 Å². The quantitative estimate of drug-likeness (QED) is 0.182. The first-order valence-corrected chi connectivity index (χ1v) is 13.3. The van der Waals surface area contributed by atoms with E-state index in [2.05, 4.69) is 0 Å². The monoisotopic (exact) mass is 554 g/mol. The Hall–Kier alpha value is -5.88. The molecule has 6 aromatic carbocycles. The van der Waals surface area contributed by atoms with Gasteiger partial charge < -0.3 is 28.8 Å². The number of benzene rings is 6. The Labute approximate surface area is 243 Å². The first-order chi connectivity index (χ1) is 20.7. The summed E-state index contributed by atoms with van der Waals surface area (Å²) >= 11 is 0. The molecule has 0 aliphatic rings. The van der Waals surface area contributed by atoms with E-state index in [-0.39, 0.29) is 34.5 Å². The fourth-order valence-corrected chi connectivity index (χ4v) is 4.13. The first-order valence-electron chi connectivity index (χ1n) is 13.3. The van der Waals surface area contributed by atoms with Crippen LogP contribution < -0.4 is 23.7 Å². The molecule has 0 aromatic heterocycles. The minimum atomic E-state index is -0.333. The van der Waals surface area contributed by atoms with Crippen LogP contribution in [0.15, 0.2) is 152 Å². The number of para-hydroxylation sites is 5.